The molecule has 29 heavy (non-hydrogen) atoms. The minimum absolute atomic E-state index is 0.851. The summed E-state index contributed by atoms with van der Waals surface area (Å²) in [6, 6.07) is 13.1. The number of aliphatic imine (C=N–C) groups is 1. The number of hydrogen-bond donors (Lipinski definition) is 1. The maximum Gasteiger partial charge on any atom is 0.193 e. The second-order valence-corrected chi connectivity index (χ2v) is 7.96. The monoisotopic (exact) mass is 396 g/mol. The Hall–Kier alpha value is -2.47. The van der Waals surface area contributed by atoms with E-state index in [1.807, 2.05) is 7.05 Å². The second-order valence-electron chi connectivity index (χ2n) is 7.96. The average molecular weight is 397 g/mol. The van der Waals surface area contributed by atoms with E-state index < -0.39 is 0 Å². The first-order valence-electron chi connectivity index (χ1n) is 10.6. The molecule has 6 nitrogen and oxygen atoms in total. The van der Waals surface area contributed by atoms with Crippen LogP contribution < -0.4 is 10.2 Å². The summed E-state index contributed by atoms with van der Waals surface area (Å²) in [5.41, 5.74) is 3.97. The van der Waals surface area contributed by atoms with Crippen molar-refractivity contribution in [2.75, 3.05) is 58.3 Å². The Labute approximate surface area is 175 Å². The van der Waals surface area contributed by atoms with Crippen LogP contribution in [0.3, 0.4) is 0 Å². The summed E-state index contributed by atoms with van der Waals surface area (Å²) in [5.74, 6) is 0.954. The minimum Gasteiger partial charge on any atom is -0.369 e. The molecule has 0 aliphatic carbocycles. The van der Waals surface area contributed by atoms with E-state index in [2.05, 4.69) is 93.2 Å². The number of aryl methyl sites for hydroxylation is 2. The fourth-order valence-corrected chi connectivity index (χ4v) is 3.92. The van der Waals surface area contributed by atoms with Crippen molar-refractivity contribution < 1.29 is 0 Å². The highest BCUT2D eigenvalue weighted by molar-refractivity contribution is 5.79. The fourth-order valence-electron chi connectivity index (χ4n) is 3.92. The lowest BCUT2D eigenvalue weighted by molar-refractivity contribution is 0.255. The van der Waals surface area contributed by atoms with Gasteiger partial charge in [0.15, 0.2) is 5.96 Å². The van der Waals surface area contributed by atoms with Gasteiger partial charge >= 0.3 is 0 Å². The quantitative estimate of drug-likeness (QED) is 0.444. The van der Waals surface area contributed by atoms with Gasteiger partial charge in [-0.15, -0.1) is 0 Å². The highest BCUT2D eigenvalue weighted by atomic mass is 15.3. The third kappa shape index (κ3) is 6.00. The lowest BCUT2D eigenvalue weighted by atomic mass is 10.2. The number of anilines is 1. The number of piperazine rings is 1. The fraction of sp³-hybridized carbons (Fsp3) is 0.522. The van der Waals surface area contributed by atoms with Gasteiger partial charge in [-0.3, -0.25) is 9.89 Å². The SMILES string of the molecule is CN=C(NCCCN1CCN(c2cccc(C)c2)CC1)N(C)Cc1cccn1C. The van der Waals surface area contributed by atoms with Crippen LogP contribution in [0.5, 0.6) is 0 Å². The van der Waals surface area contributed by atoms with Crippen LogP contribution >= 0.6 is 0 Å². The van der Waals surface area contributed by atoms with Gasteiger partial charge in [0.1, 0.15) is 0 Å². The van der Waals surface area contributed by atoms with E-state index >= 15 is 0 Å². The standard InChI is InChI=1S/C23H36N6/c1-20-8-5-9-21(18-20)29-16-14-28(15-17-29)13-7-11-25-23(24-2)27(4)19-22-10-6-12-26(22)3/h5-6,8-10,12,18H,7,11,13-17,19H2,1-4H3,(H,24,25). The van der Waals surface area contributed by atoms with Crippen LogP contribution in [0.15, 0.2) is 47.6 Å². The van der Waals surface area contributed by atoms with Crippen LogP contribution in [-0.4, -0.2) is 73.7 Å². The van der Waals surface area contributed by atoms with Gasteiger partial charge in [0.05, 0.1) is 6.54 Å². The largest absolute Gasteiger partial charge is 0.369 e. The summed E-state index contributed by atoms with van der Waals surface area (Å²) >= 11 is 0. The molecule has 2 aromatic rings. The van der Waals surface area contributed by atoms with Gasteiger partial charge in [-0.2, -0.15) is 0 Å². The van der Waals surface area contributed by atoms with Crippen LogP contribution in [0.25, 0.3) is 0 Å². The van der Waals surface area contributed by atoms with Gasteiger partial charge in [0.25, 0.3) is 0 Å². The third-order valence-corrected chi connectivity index (χ3v) is 5.70. The molecule has 1 aromatic heterocycles. The molecule has 6 heteroatoms. The van der Waals surface area contributed by atoms with Crippen molar-refractivity contribution in [3.8, 4) is 0 Å². The van der Waals surface area contributed by atoms with Crippen molar-refractivity contribution in [2.45, 2.75) is 19.9 Å². The van der Waals surface area contributed by atoms with Crippen molar-refractivity contribution in [2.24, 2.45) is 12.0 Å². The topological polar surface area (TPSA) is 39.0 Å². The number of benzene rings is 1. The molecule has 1 N–H and O–H groups in total. The molecule has 0 spiro atoms. The van der Waals surface area contributed by atoms with Gasteiger partial charge in [0.2, 0.25) is 0 Å². The smallest absolute Gasteiger partial charge is 0.193 e. The van der Waals surface area contributed by atoms with Crippen LogP contribution in [-0.2, 0) is 13.6 Å². The molecule has 0 saturated carbocycles. The summed E-state index contributed by atoms with van der Waals surface area (Å²) < 4.78 is 2.15. The molecular weight excluding hydrogens is 360 g/mol. The normalized spacial score (nSPS) is 15.6. The maximum atomic E-state index is 4.44. The van der Waals surface area contributed by atoms with Gasteiger partial charge in [-0.05, 0) is 49.7 Å². The molecule has 0 amide bonds. The summed E-state index contributed by atoms with van der Waals surface area (Å²) in [6.07, 6.45) is 3.21. The molecule has 158 valence electrons. The predicted octanol–water partition coefficient (Wildman–Crippen LogP) is 2.55. The van der Waals surface area contributed by atoms with E-state index in [0.717, 1.165) is 58.2 Å². The molecule has 1 aliphatic heterocycles. The summed E-state index contributed by atoms with van der Waals surface area (Å²) in [4.78, 5) is 11.7. The van der Waals surface area contributed by atoms with Crippen molar-refractivity contribution in [1.29, 1.82) is 0 Å². The van der Waals surface area contributed by atoms with Crippen molar-refractivity contribution in [3.05, 3.63) is 53.9 Å². The molecule has 2 heterocycles. The van der Waals surface area contributed by atoms with Crippen molar-refractivity contribution in [1.82, 2.24) is 19.7 Å². The molecular formula is C23H36N6. The number of nitrogens with one attached hydrogen (secondary N) is 1. The molecule has 3 rings (SSSR count). The van der Waals surface area contributed by atoms with Gasteiger partial charge < -0.3 is 19.7 Å². The average Bonchev–Trinajstić information content (AvgIpc) is 3.13. The number of hydrogen-bond acceptors (Lipinski definition) is 3. The Morgan fingerprint density at radius 2 is 1.93 bits per heavy atom. The first kappa shape index (κ1) is 21.2. The van der Waals surface area contributed by atoms with Crippen molar-refractivity contribution >= 4 is 11.6 Å². The summed E-state index contributed by atoms with van der Waals surface area (Å²) in [5, 5.41) is 3.51. The van der Waals surface area contributed by atoms with E-state index in [1.54, 1.807) is 0 Å². The molecule has 1 saturated heterocycles. The summed E-state index contributed by atoms with van der Waals surface area (Å²) in [6.45, 7) is 9.58. The minimum atomic E-state index is 0.851. The molecule has 0 bridgehead atoms. The van der Waals surface area contributed by atoms with Crippen LogP contribution in [0.1, 0.15) is 17.7 Å². The highest BCUT2D eigenvalue weighted by Gasteiger charge is 2.17. The van der Waals surface area contributed by atoms with Crippen LogP contribution in [0.4, 0.5) is 5.69 Å². The molecule has 1 aliphatic rings. The first-order chi connectivity index (χ1) is 14.1. The number of nitrogens with zero attached hydrogens (tertiary/aromatic N) is 5. The molecule has 0 atom stereocenters. The molecule has 1 fully saturated rings. The number of guanidine groups is 1. The molecule has 0 radical (unpaired) electrons. The van der Waals surface area contributed by atoms with E-state index in [-0.39, 0.29) is 0 Å². The lowest BCUT2D eigenvalue weighted by Crippen LogP contribution is -2.47. The molecule has 1 aromatic carbocycles. The van der Waals surface area contributed by atoms with Crippen LogP contribution in [0, 0.1) is 6.92 Å². The van der Waals surface area contributed by atoms with Gasteiger partial charge in [0, 0.05) is 71.4 Å². The number of aromatic nitrogens is 1. The van der Waals surface area contributed by atoms with E-state index in [1.165, 1.54) is 16.9 Å². The third-order valence-electron chi connectivity index (χ3n) is 5.70. The zero-order valence-electron chi connectivity index (χ0n) is 18.4. The Kier molecular flexibility index (Phi) is 7.58. The Morgan fingerprint density at radius 3 is 2.59 bits per heavy atom. The van der Waals surface area contributed by atoms with E-state index in [4.69, 9.17) is 0 Å². The zero-order valence-corrected chi connectivity index (χ0v) is 18.4. The predicted molar refractivity (Wildman–Crippen MR) is 123 cm³/mol. The number of rotatable bonds is 7. The van der Waals surface area contributed by atoms with E-state index in [0.29, 0.717) is 0 Å². The van der Waals surface area contributed by atoms with Crippen LogP contribution in [0.2, 0.25) is 0 Å². The summed E-state index contributed by atoms with van der Waals surface area (Å²) in [7, 11) is 6.03. The lowest BCUT2D eigenvalue weighted by Gasteiger charge is -2.36. The van der Waals surface area contributed by atoms with E-state index in [9.17, 15) is 0 Å². The first-order valence-corrected chi connectivity index (χ1v) is 10.6. The highest BCUT2D eigenvalue weighted by Crippen LogP contribution is 2.17. The Morgan fingerprint density at radius 1 is 1.14 bits per heavy atom. The van der Waals surface area contributed by atoms with Crippen molar-refractivity contribution in [3.63, 3.8) is 0 Å². The van der Waals surface area contributed by atoms with Gasteiger partial charge in [-0.25, -0.2) is 0 Å². The Balaban J connectivity index is 1.35. The molecule has 0 unspecified atom stereocenters. The van der Waals surface area contributed by atoms with Gasteiger partial charge in [-0.1, -0.05) is 12.1 Å². The zero-order chi connectivity index (χ0) is 20.6. The Bertz CT molecular complexity index is 788. The second kappa shape index (κ2) is 10.3. The maximum absolute atomic E-state index is 4.44.